The number of thiophene rings is 1. The highest BCUT2D eigenvalue weighted by atomic mass is 32.1. The van der Waals surface area contributed by atoms with Crippen LogP contribution in [0.25, 0.3) is 0 Å². The minimum absolute atomic E-state index is 0.109. The van der Waals surface area contributed by atoms with Gasteiger partial charge in [0, 0.05) is 18.0 Å². The number of nitrogens with zero attached hydrogens (tertiary/aromatic N) is 1. The summed E-state index contributed by atoms with van der Waals surface area (Å²) in [5.41, 5.74) is 1.42. The van der Waals surface area contributed by atoms with Gasteiger partial charge in [-0.05, 0) is 57.3 Å². The topological polar surface area (TPSA) is 32.3 Å². The fourth-order valence-corrected chi connectivity index (χ4v) is 4.17. The number of carbonyl (C=O) groups is 1. The molecule has 0 saturated carbocycles. The molecule has 3 nitrogen and oxygen atoms in total. The lowest BCUT2D eigenvalue weighted by Crippen LogP contribution is -2.32. The van der Waals surface area contributed by atoms with Crippen molar-refractivity contribution in [1.29, 1.82) is 0 Å². The molecule has 0 aromatic carbocycles. The van der Waals surface area contributed by atoms with Crippen molar-refractivity contribution in [2.24, 2.45) is 5.92 Å². The SMILES string of the molecule is CC(CNC(=O)c1cc2c(s1)CCCCCC2)CN(C)C. The summed E-state index contributed by atoms with van der Waals surface area (Å²) in [6, 6.07) is 2.14. The number of carbonyl (C=O) groups excluding carboxylic acids is 1. The van der Waals surface area contributed by atoms with Gasteiger partial charge in [-0.1, -0.05) is 19.8 Å². The molecule has 1 N–H and O–H groups in total. The lowest BCUT2D eigenvalue weighted by Gasteiger charge is -2.16. The lowest BCUT2D eigenvalue weighted by atomic mass is 10.00. The van der Waals surface area contributed by atoms with Crippen LogP contribution in [0.2, 0.25) is 0 Å². The highest BCUT2D eigenvalue weighted by Crippen LogP contribution is 2.28. The normalized spacial score (nSPS) is 17.0. The molecular formula is C17H28N2OS. The second-order valence-electron chi connectivity index (χ2n) is 6.55. The van der Waals surface area contributed by atoms with Gasteiger partial charge >= 0.3 is 0 Å². The third-order valence-electron chi connectivity index (χ3n) is 4.01. The number of amides is 1. The molecule has 1 aromatic heterocycles. The molecule has 1 aliphatic carbocycles. The van der Waals surface area contributed by atoms with Gasteiger partial charge in [0.1, 0.15) is 0 Å². The molecule has 4 heteroatoms. The molecule has 1 aromatic rings. The van der Waals surface area contributed by atoms with E-state index >= 15 is 0 Å². The highest BCUT2D eigenvalue weighted by molar-refractivity contribution is 7.14. The van der Waals surface area contributed by atoms with Gasteiger partial charge in [0.2, 0.25) is 0 Å². The van der Waals surface area contributed by atoms with Crippen LogP contribution in [-0.4, -0.2) is 38.0 Å². The zero-order chi connectivity index (χ0) is 15.2. The van der Waals surface area contributed by atoms with E-state index in [0.29, 0.717) is 5.92 Å². The zero-order valence-corrected chi connectivity index (χ0v) is 14.4. The molecule has 0 radical (unpaired) electrons. The molecule has 0 fully saturated rings. The fourth-order valence-electron chi connectivity index (χ4n) is 3.00. The Labute approximate surface area is 132 Å². The van der Waals surface area contributed by atoms with E-state index in [2.05, 4.69) is 37.3 Å². The van der Waals surface area contributed by atoms with Crippen LogP contribution in [0.5, 0.6) is 0 Å². The minimum atomic E-state index is 0.109. The molecule has 0 bridgehead atoms. The van der Waals surface area contributed by atoms with Crippen molar-refractivity contribution in [1.82, 2.24) is 10.2 Å². The standard InChI is InChI=1S/C17H28N2OS/c1-13(12-19(2)3)11-18-17(20)16-10-14-8-6-4-5-7-9-15(14)21-16/h10,13H,4-9,11-12H2,1-3H3,(H,18,20). The van der Waals surface area contributed by atoms with Gasteiger partial charge in [-0.2, -0.15) is 0 Å². The Morgan fingerprint density at radius 2 is 2.00 bits per heavy atom. The molecule has 0 spiro atoms. The van der Waals surface area contributed by atoms with Crippen LogP contribution in [0.1, 0.15) is 52.7 Å². The first-order chi connectivity index (χ1) is 10.1. The summed E-state index contributed by atoms with van der Waals surface area (Å²) in [7, 11) is 4.13. The van der Waals surface area contributed by atoms with Crippen molar-refractivity contribution >= 4 is 17.2 Å². The molecule has 1 unspecified atom stereocenters. The number of hydrogen-bond acceptors (Lipinski definition) is 3. The Bertz CT molecular complexity index is 442. The highest BCUT2D eigenvalue weighted by Gasteiger charge is 2.16. The Hall–Kier alpha value is -0.870. The summed E-state index contributed by atoms with van der Waals surface area (Å²) in [6.07, 6.45) is 7.51. The van der Waals surface area contributed by atoms with E-state index in [1.54, 1.807) is 11.3 Å². The van der Waals surface area contributed by atoms with E-state index < -0.39 is 0 Å². The molecule has 1 atom stereocenters. The van der Waals surface area contributed by atoms with Crippen LogP contribution in [0.4, 0.5) is 0 Å². The Kier molecular flexibility index (Phi) is 6.24. The van der Waals surface area contributed by atoms with Crippen LogP contribution in [0.15, 0.2) is 6.07 Å². The molecule has 0 saturated heterocycles. The summed E-state index contributed by atoms with van der Waals surface area (Å²) in [4.78, 5) is 16.8. The van der Waals surface area contributed by atoms with Crippen LogP contribution in [0.3, 0.4) is 0 Å². The number of aryl methyl sites for hydroxylation is 2. The maximum absolute atomic E-state index is 12.3. The van der Waals surface area contributed by atoms with Gasteiger partial charge in [-0.25, -0.2) is 0 Å². The fraction of sp³-hybridized carbons (Fsp3) is 0.706. The van der Waals surface area contributed by atoms with Crippen molar-refractivity contribution in [2.45, 2.75) is 45.4 Å². The second kappa shape index (κ2) is 7.95. The number of nitrogens with one attached hydrogen (secondary N) is 1. The lowest BCUT2D eigenvalue weighted by molar-refractivity contribution is 0.0950. The Morgan fingerprint density at radius 1 is 1.29 bits per heavy atom. The first-order valence-electron chi connectivity index (χ1n) is 8.10. The first kappa shape index (κ1) is 16.5. The van der Waals surface area contributed by atoms with E-state index in [0.717, 1.165) is 30.8 Å². The average molecular weight is 308 g/mol. The summed E-state index contributed by atoms with van der Waals surface area (Å²) in [6.45, 7) is 3.93. The van der Waals surface area contributed by atoms with Gasteiger partial charge < -0.3 is 10.2 Å². The first-order valence-corrected chi connectivity index (χ1v) is 8.92. The van der Waals surface area contributed by atoms with E-state index in [4.69, 9.17) is 0 Å². The molecule has 2 rings (SSSR count). The van der Waals surface area contributed by atoms with Gasteiger partial charge in [0.05, 0.1) is 4.88 Å². The van der Waals surface area contributed by atoms with E-state index in [-0.39, 0.29) is 5.91 Å². The van der Waals surface area contributed by atoms with Crippen LogP contribution >= 0.6 is 11.3 Å². The summed E-state index contributed by atoms with van der Waals surface area (Å²) >= 11 is 1.71. The van der Waals surface area contributed by atoms with Crippen LogP contribution in [-0.2, 0) is 12.8 Å². The smallest absolute Gasteiger partial charge is 0.261 e. The summed E-state index contributed by atoms with van der Waals surface area (Å²) in [5.74, 6) is 0.585. The quantitative estimate of drug-likeness (QED) is 0.905. The van der Waals surface area contributed by atoms with Crippen molar-refractivity contribution in [3.05, 3.63) is 21.4 Å². The molecule has 1 heterocycles. The van der Waals surface area contributed by atoms with E-state index in [9.17, 15) is 4.79 Å². The number of rotatable bonds is 5. The van der Waals surface area contributed by atoms with Gasteiger partial charge in [0.15, 0.2) is 0 Å². The van der Waals surface area contributed by atoms with E-state index in [1.165, 1.54) is 36.1 Å². The van der Waals surface area contributed by atoms with Crippen molar-refractivity contribution in [3.63, 3.8) is 0 Å². The molecule has 1 amide bonds. The molecular weight excluding hydrogens is 280 g/mol. The number of hydrogen-bond donors (Lipinski definition) is 1. The minimum Gasteiger partial charge on any atom is -0.351 e. The maximum Gasteiger partial charge on any atom is 0.261 e. The monoisotopic (exact) mass is 308 g/mol. The molecule has 21 heavy (non-hydrogen) atoms. The zero-order valence-electron chi connectivity index (χ0n) is 13.6. The third-order valence-corrected chi connectivity index (χ3v) is 5.24. The predicted octanol–water partition coefficient (Wildman–Crippen LogP) is 3.33. The average Bonchev–Trinajstić information content (AvgIpc) is 2.78. The van der Waals surface area contributed by atoms with Crippen molar-refractivity contribution < 1.29 is 4.79 Å². The Balaban J connectivity index is 1.92. The maximum atomic E-state index is 12.3. The van der Waals surface area contributed by atoms with Crippen LogP contribution < -0.4 is 5.32 Å². The second-order valence-corrected chi connectivity index (χ2v) is 7.69. The number of fused-ring (bicyclic) bond motifs is 1. The largest absolute Gasteiger partial charge is 0.351 e. The molecule has 1 aliphatic rings. The Morgan fingerprint density at radius 3 is 2.71 bits per heavy atom. The van der Waals surface area contributed by atoms with Crippen LogP contribution in [0, 0.1) is 5.92 Å². The van der Waals surface area contributed by atoms with E-state index in [1.807, 2.05) is 0 Å². The van der Waals surface area contributed by atoms with Gasteiger partial charge in [-0.3, -0.25) is 4.79 Å². The molecule has 0 aliphatic heterocycles. The van der Waals surface area contributed by atoms with Gasteiger partial charge in [0.25, 0.3) is 5.91 Å². The summed E-state index contributed by atoms with van der Waals surface area (Å²) < 4.78 is 0. The van der Waals surface area contributed by atoms with Crippen molar-refractivity contribution in [3.8, 4) is 0 Å². The third kappa shape index (κ3) is 5.11. The van der Waals surface area contributed by atoms with Crippen molar-refractivity contribution in [2.75, 3.05) is 27.2 Å². The molecule has 118 valence electrons. The predicted molar refractivity (Wildman–Crippen MR) is 90.2 cm³/mol. The van der Waals surface area contributed by atoms with Gasteiger partial charge in [-0.15, -0.1) is 11.3 Å². The summed E-state index contributed by atoms with van der Waals surface area (Å²) in [5, 5.41) is 3.09.